The summed E-state index contributed by atoms with van der Waals surface area (Å²) in [6.45, 7) is 0. The Bertz CT molecular complexity index is 1060. The van der Waals surface area contributed by atoms with Crippen LogP contribution < -0.4 is 10.3 Å². The highest BCUT2D eigenvalue weighted by Gasteiger charge is 2.42. The number of hydrogen-bond acceptors (Lipinski definition) is 5. The van der Waals surface area contributed by atoms with Gasteiger partial charge in [-0.1, -0.05) is 11.6 Å². The van der Waals surface area contributed by atoms with Crippen LogP contribution in [0.2, 0.25) is 5.02 Å². The fourth-order valence-electron chi connectivity index (χ4n) is 3.90. The number of aryl methyl sites for hydroxylation is 1. The Balaban J connectivity index is 1.46. The molecule has 3 heterocycles. The number of rotatable bonds is 6. The Morgan fingerprint density at radius 1 is 1.41 bits per heavy atom. The lowest BCUT2D eigenvalue weighted by Gasteiger charge is -2.18. The molecule has 0 aliphatic carbocycles. The summed E-state index contributed by atoms with van der Waals surface area (Å²) in [6, 6.07) is 2.63. The fourth-order valence-corrected chi connectivity index (χ4v) is 5.36. The third-order valence-corrected chi connectivity index (χ3v) is 6.81. The van der Waals surface area contributed by atoms with Gasteiger partial charge in [0.15, 0.2) is 5.82 Å². The third-order valence-electron chi connectivity index (χ3n) is 5.26. The molecular formula is C18H20ClFN4O4S. The lowest BCUT2D eigenvalue weighted by atomic mass is 9.91. The maximum absolute atomic E-state index is 14.4. The van der Waals surface area contributed by atoms with Gasteiger partial charge in [-0.2, -0.15) is 0 Å². The van der Waals surface area contributed by atoms with Gasteiger partial charge in [-0.15, -0.1) is 4.83 Å². The van der Waals surface area contributed by atoms with Gasteiger partial charge in [-0.3, -0.25) is 10.2 Å². The van der Waals surface area contributed by atoms with Crippen molar-refractivity contribution in [2.75, 3.05) is 5.75 Å². The van der Waals surface area contributed by atoms with Crippen molar-refractivity contribution in [1.82, 2.24) is 19.8 Å². The zero-order chi connectivity index (χ0) is 20.8. The number of hydrazine groups is 1. The fraction of sp³-hybridized carbons (Fsp3) is 0.444. The molecule has 1 amide bonds. The van der Waals surface area contributed by atoms with Gasteiger partial charge in [0.25, 0.3) is 5.91 Å². The normalized spacial score (nSPS) is 23.5. The first-order valence-electron chi connectivity index (χ1n) is 9.14. The van der Waals surface area contributed by atoms with Crippen LogP contribution >= 0.6 is 11.6 Å². The topological polar surface area (TPSA) is 102 Å². The van der Waals surface area contributed by atoms with Crippen LogP contribution in [0.1, 0.15) is 29.6 Å². The lowest BCUT2D eigenvalue weighted by molar-refractivity contribution is 0.0940. The number of hydrogen-bond donors (Lipinski definition) is 2. The number of amides is 1. The average molecular weight is 443 g/mol. The molecule has 2 saturated heterocycles. The monoisotopic (exact) mass is 442 g/mol. The largest absolute Gasteiger partial charge is 0.375 e. The van der Waals surface area contributed by atoms with E-state index in [1.165, 1.54) is 12.1 Å². The summed E-state index contributed by atoms with van der Waals surface area (Å²) in [4.78, 5) is 18.6. The number of sulfonamides is 1. The van der Waals surface area contributed by atoms with Crippen LogP contribution in [-0.4, -0.2) is 41.8 Å². The number of carbonyl (C=O) groups is 1. The number of benzene rings is 1. The zero-order valence-corrected chi connectivity index (χ0v) is 17.1. The SMILES string of the molecule is Cn1cnc(-c2cc(Cl)c(F)c(C(=O)NNS(=O)(=O)C[C@H]3C[C@H]4CC[C@@H]3O4)c2)c1. The molecule has 0 radical (unpaired) electrons. The van der Waals surface area contributed by atoms with Gasteiger partial charge < -0.3 is 9.30 Å². The number of nitrogens with zero attached hydrogens (tertiary/aromatic N) is 2. The molecule has 2 aliphatic rings. The summed E-state index contributed by atoms with van der Waals surface area (Å²) in [6.07, 6.45) is 5.80. The third kappa shape index (κ3) is 4.30. The second-order valence-corrected chi connectivity index (χ2v) is 9.63. The molecule has 2 fully saturated rings. The number of fused-ring (bicyclic) bond motifs is 2. The minimum atomic E-state index is -3.81. The molecule has 0 unspecified atom stereocenters. The lowest BCUT2D eigenvalue weighted by Crippen LogP contribution is -2.44. The molecule has 8 nitrogen and oxygen atoms in total. The van der Waals surface area contributed by atoms with Gasteiger partial charge in [-0.05, 0) is 31.4 Å². The van der Waals surface area contributed by atoms with E-state index in [1.807, 2.05) is 4.83 Å². The molecular weight excluding hydrogens is 423 g/mol. The summed E-state index contributed by atoms with van der Waals surface area (Å²) < 4.78 is 46.4. The first-order valence-corrected chi connectivity index (χ1v) is 11.2. The summed E-state index contributed by atoms with van der Waals surface area (Å²) in [5, 5.41) is -0.264. The second kappa shape index (κ2) is 7.67. The minimum absolute atomic E-state index is 0.0569. The summed E-state index contributed by atoms with van der Waals surface area (Å²) in [5.41, 5.74) is 2.62. The molecule has 11 heteroatoms. The number of carbonyl (C=O) groups excluding carboxylic acids is 1. The minimum Gasteiger partial charge on any atom is -0.375 e. The first-order chi connectivity index (χ1) is 13.7. The van der Waals surface area contributed by atoms with E-state index in [0.29, 0.717) is 17.7 Å². The molecule has 0 saturated carbocycles. The average Bonchev–Trinajstić information content (AvgIpc) is 3.38. The molecule has 1 aromatic carbocycles. The summed E-state index contributed by atoms with van der Waals surface area (Å²) in [5.74, 6) is -2.16. The maximum atomic E-state index is 14.4. The van der Waals surface area contributed by atoms with Gasteiger partial charge in [0.05, 0.1) is 40.6 Å². The molecule has 29 heavy (non-hydrogen) atoms. The Morgan fingerprint density at radius 3 is 2.83 bits per heavy atom. The predicted molar refractivity (Wildman–Crippen MR) is 104 cm³/mol. The molecule has 2 aromatic rings. The quantitative estimate of drug-likeness (QED) is 0.666. The van der Waals surface area contributed by atoms with Crippen LogP contribution in [0.5, 0.6) is 0 Å². The van der Waals surface area contributed by atoms with E-state index in [2.05, 4.69) is 10.4 Å². The van der Waals surface area contributed by atoms with Crippen molar-refractivity contribution in [3.8, 4) is 11.3 Å². The van der Waals surface area contributed by atoms with Gasteiger partial charge in [-0.25, -0.2) is 17.8 Å². The van der Waals surface area contributed by atoms with Crippen LogP contribution in [0.4, 0.5) is 4.39 Å². The molecule has 0 spiro atoms. The van der Waals surface area contributed by atoms with E-state index in [0.717, 1.165) is 12.8 Å². The number of nitrogens with one attached hydrogen (secondary N) is 2. The van der Waals surface area contributed by atoms with Crippen molar-refractivity contribution in [1.29, 1.82) is 0 Å². The standard InChI is InChI=1S/C18H20ClFN4O4S/c1-24-7-15(21-9-24)10-5-13(17(20)14(19)6-10)18(25)22-23-29(26,27)8-11-4-12-2-3-16(11)28-12/h5-7,9,11-12,16,23H,2-4,8H2,1H3,(H,22,25)/t11-,12-,16+/m1/s1. The maximum Gasteiger partial charge on any atom is 0.269 e. The van der Waals surface area contributed by atoms with Crippen molar-refractivity contribution in [3.63, 3.8) is 0 Å². The summed E-state index contributed by atoms with van der Waals surface area (Å²) in [7, 11) is -2.04. The molecule has 156 valence electrons. The van der Waals surface area contributed by atoms with Crippen LogP contribution in [0.15, 0.2) is 24.7 Å². The van der Waals surface area contributed by atoms with Crippen LogP contribution in [0.25, 0.3) is 11.3 Å². The van der Waals surface area contributed by atoms with Crippen molar-refractivity contribution < 1.29 is 22.3 Å². The number of halogens is 2. The van der Waals surface area contributed by atoms with E-state index >= 15 is 0 Å². The van der Waals surface area contributed by atoms with Crippen molar-refractivity contribution in [2.45, 2.75) is 31.5 Å². The van der Waals surface area contributed by atoms with E-state index in [1.54, 1.807) is 24.1 Å². The summed E-state index contributed by atoms with van der Waals surface area (Å²) >= 11 is 5.92. The van der Waals surface area contributed by atoms with Gasteiger partial charge >= 0.3 is 0 Å². The van der Waals surface area contributed by atoms with Crippen LogP contribution in [0.3, 0.4) is 0 Å². The van der Waals surface area contributed by atoms with E-state index < -0.39 is 21.7 Å². The van der Waals surface area contributed by atoms with Crippen molar-refractivity contribution in [3.05, 3.63) is 41.1 Å². The number of imidazole rings is 1. The molecule has 1 aromatic heterocycles. The van der Waals surface area contributed by atoms with Crippen LogP contribution in [0, 0.1) is 11.7 Å². The Kier molecular flexibility index (Phi) is 5.36. The highest BCUT2D eigenvalue weighted by Crippen LogP contribution is 2.39. The van der Waals surface area contributed by atoms with E-state index in [4.69, 9.17) is 16.3 Å². The second-order valence-electron chi connectivity index (χ2n) is 7.45. The Morgan fingerprint density at radius 2 is 2.21 bits per heavy atom. The Hall–Kier alpha value is -2.01. The molecule has 3 atom stereocenters. The van der Waals surface area contributed by atoms with Crippen molar-refractivity contribution in [2.24, 2.45) is 13.0 Å². The Labute approximate surface area is 172 Å². The van der Waals surface area contributed by atoms with E-state index in [9.17, 15) is 17.6 Å². The van der Waals surface area contributed by atoms with E-state index in [-0.39, 0.29) is 34.5 Å². The molecule has 4 rings (SSSR count). The first kappa shape index (κ1) is 20.3. The molecule has 2 N–H and O–H groups in total. The predicted octanol–water partition coefficient (Wildman–Crippen LogP) is 2.01. The smallest absolute Gasteiger partial charge is 0.269 e. The molecule has 2 aliphatic heterocycles. The highest BCUT2D eigenvalue weighted by atomic mass is 35.5. The van der Waals surface area contributed by atoms with Crippen LogP contribution in [-0.2, 0) is 21.8 Å². The number of aromatic nitrogens is 2. The highest BCUT2D eigenvalue weighted by molar-refractivity contribution is 7.89. The molecule has 2 bridgehead atoms. The number of ether oxygens (including phenoxy) is 1. The van der Waals surface area contributed by atoms with Crippen molar-refractivity contribution >= 4 is 27.5 Å². The van der Waals surface area contributed by atoms with Gasteiger partial charge in [0, 0.05) is 24.7 Å². The van der Waals surface area contributed by atoms with Gasteiger partial charge in [0.1, 0.15) is 0 Å². The van der Waals surface area contributed by atoms with Gasteiger partial charge in [0.2, 0.25) is 10.0 Å². The zero-order valence-electron chi connectivity index (χ0n) is 15.6.